The van der Waals surface area contributed by atoms with Crippen LogP contribution in [0.4, 0.5) is 10.2 Å². The fourth-order valence-electron chi connectivity index (χ4n) is 2.60. The average Bonchev–Trinajstić information content (AvgIpc) is 2.53. The van der Waals surface area contributed by atoms with E-state index in [9.17, 15) is 9.18 Å². The lowest BCUT2D eigenvalue weighted by Crippen LogP contribution is -2.42. The molecule has 1 fully saturated rings. The molecule has 4 nitrogen and oxygen atoms in total. The topological polar surface area (TPSA) is 46.1 Å². The van der Waals surface area contributed by atoms with Gasteiger partial charge >= 0.3 is 0 Å². The van der Waals surface area contributed by atoms with Gasteiger partial charge in [-0.15, -0.1) is 0 Å². The second-order valence-corrected chi connectivity index (χ2v) is 6.66. The maximum atomic E-state index is 13.1. The Morgan fingerprint density at radius 1 is 1.21 bits per heavy atom. The largest absolute Gasteiger partial charge is 0.296 e. The highest BCUT2D eigenvalue weighted by atomic mass is 19.1. The molecular weight excluding hydrogens is 305 g/mol. The first-order chi connectivity index (χ1) is 11.4. The smallest absolute Gasteiger partial charge is 0.228 e. The molecule has 0 atom stereocenters. The molecule has 0 aliphatic carbocycles. The van der Waals surface area contributed by atoms with Crippen molar-refractivity contribution in [3.63, 3.8) is 0 Å². The van der Waals surface area contributed by atoms with Gasteiger partial charge in [-0.2, -0.15) is 0 Å². The molecule has 1 aliphatic heterocycles. The van der Waals surface area contributed by atoms with E-state index in [1.54, 1.807) is 23.2 Å². The number of carbonyl (C=O) groups excluding carboxylic acids is 1. The lowest BCUT2D eigenvalue weighted by Gasteiger charge is -2.35. The molecule has 1 aromatic heterocycles. The zero-order valence-electron chi connectivity index (χ0n) is 13.7. The number of carbonyl (C=O) groups is 1. The first kappa shape index (κ1) is 16.1. The van der Waals surface area contributed by atoms with Gasteiger partial charge in [-0.05, 0) is 36.0 Å². The van der Waals surface area contributed by atoms with E-state index in [2.05, 4.69) is 35.7 Å². The van der Waals surface area contributed by atoms with E-state index < -0.39 is 0 Å². The van der Waals surface area contributed by atoms with Crippen molar-refractivity contribution < 1.29 is 9.18 Å². The summed E-state index contributed by atoms with van der Waals surface area (Å²) in [5.74, 6) is 5.99. The predicted octanol–water partition coefficient (Wildman–Crippen LogP) is 3.17. The molecule has 1 saturated heterocycles. The first-order valence-corrected chi connectivity index (χ1v) is 7.83. The molecule has 0 spiro atoms. The lowest BCUT2D eigenvalue weighted by atomic mass is 9.82. The van der Waals surface area contributed by atoms with Gasteiger partial charge < -0.3 is 0 Å². The summed E-state index contributed by atoms with van der Waals surface area (Å²) in [4.78, 5) is 22.4. The van der Waals surface area contributed by atoms with Crippen LogP contribution in [0.1, 0.15) is 37.9 Å². The zero-order valence-corrected chi connectivity index (χ0v) is 13.7. The van der Waals surface area contributed by atoms with Crippen LogP contribution in [-0.2, 0) is 4.79 Å². The third-order valence-electron chi connectivity index (χ3n) is 4.02. The first-order valence-electron chi connectivity index (χ1n) is 7.83. The van der Waals surface area contributed by atoms with Gasteiger partial charge in [0.15, 0.2) is 5.82 Å². The number of halogens is 1. The molecule has 1 aromatic carbocycles. The Bertz CT molecular complexity index is 818. The molecule has 122 valence electrons. The van der Waals surface area contributed by atoms with Crippen LogP contribution in [0.25, 0.3) is 0 Å². The van der Waals surface area contributed by atoms with Crippen LogP contribution < -0.4 is 4.90 Å². The van der Waals surface area contributed by atoms with E-state index in [-0.39, 0.29) is 17.1 Å². The molecule has 0 bridgehead atoms. The second-order valence-electron chi connectivity index (χ2n) is 6.66. The molecule has 0 radical (unpaired) electrons. The van der Waals surface area contributed by atoms with E-state index in [0.717, 1.165) is 6.42 Å². The maximum Gasteiger partial charge on any atom is 0.228 e. The van der Waals surface area contributed by atoms with E-state index in [0.29, 0.717) is 30.0 Å². The van der Waals surface area contributed by atoms with Gasteiger partial charge in [-0.3, -0.25) is 9.69 Å². The fraction of sp³-hybridized carbons (Fsp3) is 0.316. The van der Waals surface area contributed by atoms with Gasteiger partial charge in [-0.1, -0.05) is 25.8 Å². The van der Waals surface area contributed by atoms with Crippen LogP contribution >= 0.6 is 0 Å². The standard InChI is InChI=1S/C19H18FN3O/c1-19(2)8-9-23(18(24)11-19)17-13-21-16(12-22-17)7-6-14-4-3-5-15(20)10-14/h3-5,10,12-13H,8-9,11H2,1-2H3. The number of hydrogen-bond acceptors (Lipinski definition) is 3. The number of hydrogen-bond donors (Lipinski definition) is 0. The van der Waals surface area contributed by atoms with Crippen molar-refractivity contribution in [1.29, 1.82) is 0 Å². The van der Waals surface area contributed by atoms with Crippen molar-refractivity contribution in [3.8, 4) is 11.8 Å². The van der Waals surface area contributed by atoms with Crippen LogP contribution in [0, 0.1) is 23.1 Å². The van der Waals surface area contributed by atoms with Crippen molar-refractivity contribution >= 4 is 11.7 Å². The zero-order chi connectivity index (χ0) is 17.2. The molecule has 3 rings (SSSR count). The van der Waals surface area contributed by atoms with Crippen molar-refractivity contribution in [2.75, 3.05) is 11.4 Å². The lowest BCUT2D eigenvalue weighted by molar-refractivity contribution is -0.122. The van der Waals surface area contributed by atoms with Gasteiger partial charge in [-0.25, -0.2) is 14.4 Å². The Labute approximate surface area is 140 Å². The minimum atomic E-state index is -0.324. The Hall–Kier alpha value is -2.74. The SMILES string of the molecule is CC1(C)CCN(c2cnc(C#Cc3cccc(F)c3)cn2)C(=O)C1. The molecule has 1 aliphatic rings. The highest BCUT2D eigenvalue weighted by Gasteiger charge is 2.32. The van der Waals surface area contributed by atoms with Crippen LogP contribution in [0.15, 0.2) is 36.7 Å². The summed E-state index contributed by atoms with van der Waals surface area (Å²) in [5.41, 5.74) is 1.10. The summed E-state index contributed by atoms with van der Waals surface area (Å²) in [7, 11) is 0. The van der Waals surface area contributed by atoms with Crippen molar-refractivity contribution in [1.82, 2.24) is 9.97 Å². The number of piperidine rings is 1. The van der Waals surface area contributed by atoms with Gasteiger partial charge in [0.2, 0.25) is 5.91 Å². The summed E-state index contributed by atoms with van der Waals surface area (Å²) in [5, 5.41) is 0. The van der Waals surface area contributed by atoms with Crippen molar-refractivity contribution in [3.05, 3.63) is 53.7 Å². The highest BCUT2D eigenvalue weighted by Crippen LogP contribution is 2.32. The minimum absolute atomic E-state index is 0.0391. The fourth-order valence-corrected chi connectivity index (χ4v) is 2.60. The quantitative estimate of drug-likeness (QED) is 0.757. The highest BCUT2D eigenvalue weighted by molar-refractivity contribution is 5.93. The van der Waals surface area contributed by atoms with Gasteiger partial charge in [0.1, 0.15) is 11.5 Å². The van der Waals surface area contributed by atoms with Crippen LogP contribution in [-0.4, -0.2) is 22.4 Å². The Balaban J connectivity index is 1.74. The minimum Gasteiger partial charge on any atom is -0.296 e. The van der Waals surface area contributed by atoms with Crippen molar-refractivity contribution in [2.45, 2.75) is 26.7 Å². The van der Waals surface area contributed by atoms with E-state index in [4.69, 9.17) is 0 Å². The summed E-state index contributed by atoms with van der Waals surface area (Å²) in [6.07, 6.45) is 4.54. The third-order valence-corrected chi connectivity index (χ3v) is 4.02. The Morgan fingerprint density at radius 2 is 2.04 bits per heavy atom. The third kappa shape index (κ3) is 3.77. The average molecular weight is 323 g/mol. The molecule has 2 heterocycles. The normalized spacial score (nSPS) is 16.5. The predicted molar refractivity (Wildman–Crippen MR) is 89.8 cm³/mol. The van der Waals surface area contributed by atoms with Gasteiger partial charge in [0, 0.05) is 18.5 Å². The number of nitrogens with zero attached hydrogens (tertiary/aromatic N) is 3. The van der Waals surface area contributed by atoms with Crippen LogP contribution in [0.3, 0.4) is 0 Å². The number of amides is 1. The number of aromatic nitrogens is 2. The van der Waals surface area contributed by atoms with Gasteiger partial charge in [0.05, 0.1) is 12.4 Å². The number of anilines is 1. The Morgan fingerprint density at radius 3 is 2.71 bits per heavy atom. The Kier molecular flexibility index (Phi) is 4.30. The summed E-state index contributed by atoms with van der Waals surface area (Å²) in [6, 6.07) is 6.07. The molecule has 5 heteroatoms. The van der Waals surface area contributed by atoms with Crippen molar-refractivity contribution in [2.24, 2.45) is 5.41 Å². The van der Waals surface area contributed by atoms with Gasteiger partial charge in [0.25, 0.3) is 0 Å². The summed E-state index contributed by atoms with van der Waals surface area (Å²) in [6.45, 7) is 4.84. The second kappa shape index (κ2) is 6.40. The van der Waals surface area contributed by atoms with Crippen LogP contribution in [0.5, 0.6) is 0 Å². The summed E-state index contributed by atoms with van der Waals surface area (Å²) >= 11 is 0. The summed E-state index contributed by atoms with van der Waals surface area (Å²) < 4.78 is 13.1. The monoisotopic (exact) mass is 323 g/mol. The molecule has 0 saturated carbocycles. The molecule has 1 amide bonds. The van der Waals surface area contributed by atoms with E-state index in [1.165, 1.54) is 18.3 Å². The number of rotatable bonds is 1. The molecule has 2 aromatic rings. The van der Waals surface area contributed by atoms with E-state index in [1.807, 2.05) is 0 Å². The molecule has 0 N–H and O–H groups in total. The molecular formula is C19H18FN3O. The van der Waals surface area contributed by atoms with Crippen LogP contribution in [0.2, 0.25) is 0 Å². The molecule has 0 unspecified atom stereocenters. The number of benzene rings is 1. The maximum absolute atomic E-state index is 13.1. The van der Waals surface area contributed by atoms with E-state index >= 15 is 0 Å². The molecule has 24 heavy (non-hydrogen) atoms.